The van der Waals surface area contributed by atoms with Gasteiger partial charge in [0.25, 0.3) is 0 Å². The predicted octanol–water partition coefficient (Wildman–Crippen LogP) is 3.34. The normalized spacial score (nSPS) is 16.4. The third-order valence-electron chi connectivity index (χ3n) is 4.11. The monoisotopic (exact) mass is 571 g/mol. The maximum atomic E-state index is 5.78. The number of methoxy groups -OCH3 is 2. The maximum Gasteiger partial charge on any atom is 0.191 e. The summed E-state index contributed by atoms with van der Waals surface area (Å²) in [5, 5.41) is 6.60. The minimum Gasteiger partial charge on any atom is -0.493 e. The minimum absolute atomic E-state index is 0. The fraction of sp³-hybridized carbons (Fsp3) is 0.632. The Morgan fingerprint density at radius 3 is 2.75 bits per heavy atom. The Labute approximate surface area is 193 Å². The van der Waals surface area contributed by atoms with Crippen LogP contribution in [0.15, 0.2) is 21.6 Å². The summed E-state index contributed by atoms with van der Waals surface area (Å²) in [5.41, 5.74) is 1.03. The molecule has 1 heterocycles. The second kappa shape index (κ2) is 14.2. The number of nitrogens with zero attached hydrogens (tertiary/aromatic N) is 1. The van der Waals surface area contributed by atoms with Crippen LogP contribution < -0.4 is 20.1 Å². The van der Waals surface area contributed by atoms with E-state index in [1.54, 1.807) is 14.2 Å². The molecular weight excluding hydrogens is 541 g/mol. The zero-order valence-electron chi connectivity index (χ0n) is 16.8. The van der Waals surface area contributed by atoms with Crippen molar-refractivity contribution in [2.75, 3.05) is 47.1 Å². The topological polar surface area (TPSA) is 73.3 Å². The molecule has 1 aromatic carbocycles. The number of nitrogens with one attached hydrogen (secondary N) is 2. The van der Waals surface area contributed by atoms with Gasteiger partial charge in [-0.15, -0.1) is 24.0 Å². The van der Waals surface area contributed by atoms with Gasteiger partial charge in [-0.3, -0.25) is 0 Å². The number of halogens is 2. The number of hydrogen-bond donors (Lipinski definition) is 2. The summed E-state index contributed by atoms with van der Waals surface area (Å²) >= 11 is 3.52. The van der Waals surface area contributed by atoms with E-state index in [2.05, 4.69) is 31.6 Å². The van der Waals surface area contributed by atoms with Gasteiger partial charge in [-0.2, -0.15) is 0 Å². The van der Waals surface area contributed by atoms with Gasteiger partial charge in [-0.1, -0.05) is 0 Å². The van der Waals surface area contributed by atoms with Gasteiger partial charge in [0.15, 0.2) is 17.5 Å². The molecule has 1 saturated heterocycles. The van der Waals surface area contributed by atoms with E-state index < -0.39 is 0 Å². The van der Waals surface area contributed by atoms with E-state index in [9.17, 15) is 0 Å². The van der Waals surface area contributed by atoms with E-state index in [1.165, 1.54) is 0 Å². The molecule has 7 nitrogen and oxygen atoms in total. The molecule has 0 saturated carbocycles. The number of hydrogen-bond acceptors (Lipinski definition) is 5. The van der Waals surface area contributed by atoms with Gasteiger partial charge in [-0.25, -0.2) is 4.99 Å². The van der Waals surface area contributed by atoms with Crippen LogP contribution in [0.4, 0.5) is 0 Å². The number of guanidine groups is 1. The Morgan fingerprint density at radius 2 is 2.11 bits per heavy atom. The molecule has 9 heteroatoms. The quantitative estimate of drug-likeness (QED) is 0.194. The van der Waals surface area contributed by atoms with Crippen molar-refractivity contribution < 1.29 is 18.9 Å². The van der Waals surface area contributed by atoms with Crippen molar-refractivity contribution >= 4 is 45.9 Å². The highest BCUT2D eigenvalue weighted by atomic mass is 127. The van der Waals surface area contributed by atoms with Gasteiger partial charge >= 0.3 is 0 Å². The highest BCUT2D eigenvalue weighted by Gasteiger charge is 2.15. The molecular formula is C19H31BrIN3O4. The average Bonchev–Trinajstić information content (AvgIpc) is 3.18. The van der Waals surface area contributed by atoms with Crippen LogP contribution in [0.25, 0.3) is 0 Å². The molecule has 0 spiro atoms. The first-order chi connectivity index (χ1) is 13.2. The lowest BCUT2D eigenvalue weighted by molar-refractivity contribution is 0.0420. The predicted molar refractivity (Wildman–Crippen MR) is 125 cm³/mol. The van der Waals surface area contributed by atoms with E-state index in [1.807, 2.05) is 19.1 Å². The first kappa shape index (κ1) is 25.3. The zero-order valence-corrected chi connectivity index (χ0v) is 20.7. The van der Waals surface area contributed by atoms with E-state index in [0.29, 0.717) is 18.0 Å². The van der Waals surface area contributed by atoms with Crippen LogP contribution in [-0.2, 0) is 16.0 Å². The molecule has 1 fully saturated rings. The second-order valence-electron chi connectivity index (χ2n) is 6.15. The largest absolute Gasteiger partial charge is 0.493 e. The van der Waals surface area contributed by atoms with Crippen LogP contribution >= 0.6 is 39.9 Å². The highest BCUT2D eigenvalue weighted by Crippen LogP contribution is 2.36. The van der Waals surface area contributed by atoms with Crippen LogP contribution in [0.5, 0.6) is 11.5 Å². The Morgan fingerprint density at radius 1 is 1.29 bits per heavy atom. The molecule has 1 aromatic rings. The lowest BCUT2D eigenvalue weighted by atomic mass is 10.2. The maximum absolute atomic E-state index is 5.78. The number of rotatable bonds is 10. The lowest BCUT2D eigenvalue weighted by Crippen LogP contribution is -2.38. The Kier molecular flexibility index (Phi) is 12.8. The van der Waals surface area contributed by atoms with E-state index in [4.69, 9.17) is 18.9 Å². The zero-order chi connectivity index (χ0) is 19.5. The fourth-order valence-electron chi connectivity index (χ4n) is 2.75. The van der Waals surface area contributed by atoms with Crippen LogP contribution in [0.2, 0.25) is 0 Å². The van der Waals surface area contributed by atoms with Gasteiger partial charge in [0.1, 0.15) is 0 Å². The summed E-state index contributed by atoms with van der Waals surface area (Å²) in [6.45, 7) is 6.44. The molecule has 2 N–H and O–H groups in total. The molecule has 1 aliphatic rings. The molecule has 1 unspecified atom stereocenters. The fourth-order valence-corrected chi connectivity index (χ4v) is 3.40. The van der Waals surface area contributed by atoms with Gasteiger partial charge in [0, 0.05) is 26.3 Å². The van der Waals surface area contributed by atoms with E-state index >= 15 is 0 Å². The summed E-state index contributed by atoms with van der Waals surface area (Å²) in [6.07, 6.45) is 2.18. The third-order valence-corrected chi connectivity index (χ3v) is 4.70. The van der Waals surface area contributed by atoms with Gasteiger partial charge in [-0.05, 0) is 53.4 Å². The molecule has 0 bridgehead atoms. The van der Waals surface area contributed by atoms with Crippen LogP contribution in [0, 0.1) is 0 Å². The third kappa shape index (κ3) is 8.30. The molecule has 2 rings (SSSR count). The smallest absolute Gasteiger partial charge is 0.191 e. The number of benzene rings is 1. The number of aliphatic imine (C=N–C) groups is 1. The molecule has 1 aliphatic heterocycles. The Bertz CT molecular complexity index is 613. The first-order valence-corrected chi connectivity index (χ1v) is 10.1. The Hall–Kier alpha value is -0.780. The van der Waals surface area contributed by atoms with Crippen molar-refractivity contribution in [3.63, 3.8) is 0 Å². The molecule has 28 heavy (non-hydrogen) atoms. The van der Waals surface area contributed by atoms with Gasteiger partial charge in [0.05, 0.1) is 37.9 Å². The summed E-state index contributed by atoms with van der Waals surface area (Å²) in [5.74, 6) is 2.15. The SMILES string of the molecule is CCNC(=NCc1cc(Br)c(OC)c(OC)c1)NCCCOC1CCOC1.I. The molecule has 160 valence electrons. The number of ether oxygens (including phenoxy) is 4. The van der Waals surface area contributed by atoms with Crippen molar-refractivity contribution in [2.45, 2.75) is 32.4 Å². The minimum atomic E-state index is 0. The van der Waals surface area contributed by atoms with Gasteiger partial charge < -0.3 is 29.6 Å². The van der Waals surface area contributed by atoms with Crippen LogP contribution in [0.1, 0.15) is 25.3 Å². The summed E-state index contributed by atoms with van der Waals surface area (Å²) in [6, 6.07) is 3.93. The van der Waals surface area contributed by atoms with Crippen molar-refractivity contribution in [1.82, 2.24) is 10.6 Å². The van der Waals surface area contributed by atoms with Crippen molar-refractivity contribution in [3.8, 4) is 11.5 Å². The molecule has 0 aliphatic carbocycles. The second-order valence-corrected chi connectivity index (χ2v) is 7.00. The van der Waals surface area contributed by atoms with Crippen molar-refractivity contribution in [2.24, 2.45) is 4.99 Å². The molecule has 0 aromatic heterocycles. The van der Waals surface area contributed by atoms with Gasteiger partial charge in [0.2, 0.25) is 0 Å². The molecule has 0 radical (unpaired) electrons. The first-order valence-electron chi connectivity index (χ1n) is 9.29. The standard InChI is InChI=1S/C19H30BrN3O4.HI/c1-4-21-19(22-7-5-8-27-15-6-9-26-13-15)23-12-14-10-16(20)18(25-3)17(11-14)24-2;/h10-11,15H,4-9,12-13H2,1-3H3,(H2,21,22,23);1H. The molecule has 1 atom stereocenters. The van der Waals surface area contributed by atoms with Crippen LogP contribution in [0.3, 0.4) is 0 Å². The van der Waals surface area contributed by atoms with Crippen molar-refractivity contribution in [1.29, 1.82) is 0 Å². The summed E-state index contributed by atoms with van der Waals surface area (Å²) in [7, 11) is 3.25. The Balaban J connectivity index is 0.00000392. The van der Waals surface area contributed by atoms with E-state index in [-0.39, 0.29) is 30.1 Å². The van der Waals surface area contributed by atoms with Crippen LogP contribution in [-0.4, -0.2) is 59.2 Å². The van der Waals surface area contributed by atoms with Crippen molar-refractivity contribution in [3.05, 3.63) is 22.2 Å². The summed E-state index contributed by atoms with van der Waals surface area (Å²) < 4.78 is 22.7. The summed E-state index contributed by atoms with van der Waals surface area (Å²) in [4.78, 5) is 4.65. The lowest BCUT2D eigenvalue weighted by Gasteiger charge is -2.14. The molecule has 0 amide bonds. The highest BCUT2D eigenvalue weighted by molar-refractivity contribution is 14.0. The van der Waals surface area contributed by atoms with E-state index in [0.717, 1.165) is 61.7 Å². The average molecular weight is 572 g/mol.